The Kier molecular flexibility index (Phi) is 22.0. The van der Waals surface area contributed by atoms with Crippen LogP contribution >= 0.6 is 11.1 Å². The van der Waals surface area contributed by atoms with Crippen LogP contribution in [0.2, 0.25) is 0 Å². The molecule has 1 aliphatic heterocycles. The molecule has 0 saturated heterocycles. The Bertz CT molecular complexity index is 2380. The number of allylic oxidation sites excluding steroid dienone is 2. The van der Waals surface area contributed by atoms with E-state index >= 15 is 0 Å². The topological polar surface area (TPSA) is 18.8 Å². The van der Waals surface area contributed by atoms with Gasteiger partial charge in [-0.15, -0.1) is 0 Å². The molecule has 5 rings (SSSR count). The van der Waals surface area contributed by atoms with E-state index in [0.717, 1.165) is 5.69 Å². The van der Waals surface area contributed by atoms with E-state index in [1.165, 1.54) is 97.7 Å². The summed E-state index contributed by atoms with van der Waals surface area (Å²) in [6.45, 7) is 60.7. The van der Waals surface area contributed by atoms with Gasteiger partial charge in [-0.25, -0.2) is 0 Å². The summed E-state index contributed by atoms with van der Waals surface area (Å²) in [5.41, 5.74) is 19.3. The van der Waals surface area contributed by atoms with Crippen molar-refractivity contribution in [2.75, 3.05) is 0 Å². The smallest absolute Gasteiger partial charge is 0.245 e. The van der Waals surface area contributed by atoms with Crippen molar-refractivity contribution in [2.24, 2.45) is 4.99 Å². The number of nitrogens with zero attached hydrogens (tertiary/aromatic N) is 3. The van der Waals surface area contributed by atoms with Gasteiger partial charge in [0.05, 0.1) is 5.69 Å². The molecule has 4 aromatic carbocycles. The third-order valence-electron chi connectivity index (χ3n) is 15.0. The van der Waals surface area contributed by atoms with Crippen LogP contribution in [0.25, 0.3) is 0 Å². The number of hydrogen-bond donors (Lipinski definition) is 0. The van der Waals surface area contributed by atoms with Crippen molar-refractivity contribution in [3.8, 4) is 0 Å². The van der Waals surface area contributed by atoms with Gasteiger partial charge in [0, 0.05) is 4.96 Å². The first-order chi connectivity index (χ1) is 33.4. The van der Waals surface area contributed by atoms with Crippen molar-refractivity contribution < 1.29 is 0 Å². The van der Waals surface area contributed by atoms with Gasteiger partial charge in [-0.1, -0.05) is 179 Å². The van der Waals surface area contributed by atoms with Crippen LogP contribution in [0.5, 0.6) is 0 Å². The van der Waals surface area contributed by atoms with Gasteiger partial charge >= 0.3 is 95.5 Å². The molecule has 0 bridgehead atoms. The summed E-state index contributed by atoms with van der Waals surface area (Å²) in [6, 6.07) is 23.0. The van der Waals surface area contributed by atoms with Gasteiger partial charge in [0.2, 0.25) is 8.11 Å². The standard InChI is InChI=1S/C54H78ClNSi2.C11H20GeN2/c1-30(2)41-24-44(33(7)8)51(45(25-41)34(9)10)57(52-46(35(11)12)26-42(31(3)4)27-47(52)36(13)14)54(56-50-39(19)22-21-23-40(50)20)58(55)53-48(37(15)16)28-43(32(5)6)29-49(53)38(17)18;1-7(2)13-9(5)10(6)14(8(3)4)11(13)12/h21-38H,1-20H3;7-8H,1-6H3. The SMILES string of the molecule is CC1=C(C)N(C(C)C)[C](=[Ge])N1C(C)C.Cc1cccc(C)c1N=C([Si](Cl)c1c(C(C)C)cc(C(C)C)cc1C(C)C)[Si](c1c(C(C)C)cc(C(C)C)cc1C(C)C)c1c(C(C)C)cc(C(C)C)cc1C(C)C. The summed E-state index contributed by atoms with van der Waals surface area (Å²) in [6.07, 6.45) is 0. The Morgan fingerprint density at radius 2 is 0.694 bits per heavy atom. The van der Waals surface area contributed by atoms with Crippen LogP contribution in [0.1, 0.15) is 281 Å². The number of aliphatic imine (C=N–C) groups is 1. The molecule has 1 heterocycles. The maximum Gasteiger partial charge on any atom is 0.245 e. The van der Waals surface area contributed by atoms with E-state index in [1.54, 1.807) is 0 Å². The van der Waals surface area contributed by atoms with Crippen LogP contribution in [-0.2, 0) is 0 Å². The molecule has 0 aromatic heterocycles. The molecule has 0 aliphatic carbocycles. The van der Waals surface area contributed by atoms with Crippen molar-refractivity contribution in [3.63, 3.8) is 0 Å². The molecule has 0 amide bonds. The molecule has 0 spiro atoms. The van der Waals surface area contributed by atoms with Crippen LogP contribution in [0.4, 0.5) is 5.69 Å². The third-order valence-corrected chi connectivity index (χ3v) is 23.3. The number of para-hydroxylation sites is 1. The molecule has 7 heteroatoms. The maximum atomic E-state index is 8.64. The zero-order valence-electron chi connectivity index (χ0n) is 50.3. The minimum Gasteiger partial charge on any atom is -0.264 e. The van der Waals surface area contributed by atoms with E-state index < -0.39 is 16.9 Å². The summed E-state index contributed by atoms with van der Waals surface area (Å²) in [5, 5.41) is 4.44. The normalized spacial score (nSPS) is 14.0. The van der Waals surface area contributed by atoms with Crippen LogP contribution in [0.15, 0.2) is 71.0 Å². The quantitative estimate of drug-likeness (QED) is 0.0596. The largest absolute Gasteiger partial charge is 0.264 e. The van der Waals surface area contributed by atoms with Crippen molar-refractivity contribution in [1.29, 1.82) is 0 Å². The Morgan fingerprint density at radius 3 is 0.917 bits per heavy atom. The molecule has 0 fully saturated rings. The molecule has 0 N–H and O–H groups in total. The second-order valence-electron chi connectivity index (χ2n) is 24.4. The van der Waals surface area contributed by atoms with Gasteiger partial charge in [0.25, 0.3) is 0 Å². The number of aryl methyl sites for hydroxylation is 2. The van der Waals surface area contributed by atoms with Gasteiger partial charge in [0.1, 0.15) is 0 Å². The molecule has 4 aromatic rings. The first kappa shape index (κ1) is 61.6. The zero-order valence-corrected chi connectivity index (χ0v) is 55.1. The summed E-state index contributed by atoms with van der Waals surface area (Å²) in [4.78, 5) is 12.2. The van der Waals surface area contributed by atoms with E-state index in [9.17, 15) is 0 Å². The summed E-state index contributed by atoms with van der Waals surface area (Å²) in [5.74, 6) is 3.28. The molecule has 0 saturated carbocycles. The predicted octanol–water partition coefficient (Wildman–Crippen LogP) is 16.9. The number of hydrogen-bond acceptors (Lipinski definition) is 3. The maximum absolute atomic E-state index is 8.64. The first-order valence-corrected chi connectivity index (χ1v) is 32.9. The van der Waals surface area contributed by atoms with Gasteiger partial charge in [-0.3, -0.25) is 4.99 Å². The Hall–Kier alpha value is -2.97. The van der Waals surface area contributed by atoms with Gasteiger partial charge in [-0.2, -0.15) is 11.1 Å². The summed E-state index contributed by atoms with van der Waals surface area (Å²) < 4.78 is 1.37. The fourth-order valence-electron chi connectivity index (χ4n) is 10.5. The van der Waals surface area contributed by atoms with Crippen molar-refractivity contribution in [3.05, 3.63) is 127 Å². The van der Waals surface area contributed by atoms with Crippen molar-refractivity contribution in [1.82, 2.24) is 9.80 Å². The monoisotopic (exact) mass is 1090 g/mol. The molecule has 72 heavy (non-hydrogen) atoms. The summed E-state index contributed by atoms with van der Waals surface area (Å²) >= 11 is 10.8. The minimum atomic E-state index is -1.97. The van der Waals surface area contributed by atoms with E-state index in [1.807, 2.05) is 0 Å². The Labute approximate surface area is 459 Å². The van der Waals surface area contributed by atoms with E-state index in [2.05, 4.69) is 260 Å². The fraction of sp³-hybridized carbons (Fsp3) is 0.569. The van der Waals surface area contributed by atoms with E-state index in [-0.39, 0.29) is 0 Å². The molecule has 0 unspecified atom stereocenters. The van der Waals surface area contributed by atoms with Crippen molar-refractivity contribution in [2.45, 2.75) is 245 Å². The van der Waals surface area contributed by atoms with E-state index in [0.29, 0.717) is 65.3 Å². The van der Waals surface area contributed by atoms with E-state index in [4.69, 9.17) is 16.1 Å². The molecular weight excluding hydrogens is 987 g/mol. The van der Waals surface area contributed by atoms with Crippen LogP contribution in [0, 0.1) is 13.8 Å². The van der Waals surface area contributed by atoms with Gasteiger partial charge < -0.3 is 0 Å². The molecule has 3 nitrogen and oxygen atoms in total. The zero-order chi connectivity index (χ0) is 54.7. The Balaban J connectivity index is 0.000000690. The van der Waals surface area contributed by atoms with Crippen LogP contribution < -0.4 is 15.6 Å². The fourth-order valence-corrected chi connectivity index (χ4v) is 21.2. The molecule has 392 valence electrons. The summed E-state index contributed by atoms with van der Waals surface area (Å²) in [7, 11) is -3.81. The Morgan fingerprint density at radius 1 is 0.431 bits per heavy atom. The second-order valence-corrected chi connectivity index (χ2v) is 30.8. The number of halogens is 1. The number of benzene rings is 4. The third kappa shape index (κ3) is 13.5. The van der Waals surface area contributed by atoms with Crippen LogP contribution in [0.3, 0.4) is 0 Å². The second kappa shape index (κ2) is 25.7. The molecule has 0 atom stereocenters. The van der Waals surface area contributed by atoms with Gasteiger partial charge in [0.15, 0.2) is 8.80 Å². The first-order valence-electron chi connectivity index (χ1n) is 27.8. The van der Waals surface area contributed by atoms with Crippen molar-refractivity contribution >= 4 is 74.9 Å². The molecule has 4 radical (unpaired) electrons. The van der Waals surface area contributed by atoms with Gasteiger partial charge in [-0.05, 0) is 144 Å². The molecule has 1 aliphatic rings. The van der Waals surface area contributed by atoms with Crippen LogP contribution in [-0.4, -0.2) is 64.4 Å². The number of rotatable bonds is 17. The predicted molar refractivity (Wildman–Crippen MR) is 328 cm³/mol. The average molecular weight is 1090 g/mol. The minimum absolute atomic E-state index is 0.327. The average Bonchev–Trinajstić information content (AvgIpc) is 3.51. The molecular formula is C65H98ClGeN3Si2.